The van der Waals surface area contributed by atoms with Gasteiger partial charge in [0.1, 0.15) is 12.4 Å². The first kappa shape index (κ1) is 12.7. The van der Waals surface area contributed by atoms with Crippen molar-refractivity contribution in [3.8, 4) is 0 Å². The van der Waals surface area contributed by atoms with Gasteiger partial charge in [0.2, 0.25) is 5.91 Å². The number of hydrogen-bond donors (Lipinski definition) is 2. The highest BCUT2D eigenvalue weighted by Crippen LogP contribution is 1.97. The molecule has 0 saturated carbocycles. The van der Waals surface area contributed by atoms with Crippen LogP contribution in [0.5, 0.6) is 0 Å². The number of hydrogen-bond acceptors (Lipinski definition) is 3. The van der Waals surface area contributed by atoms with Gasteiger partial charge in [-0.25, -0.2) is 4.98 Å². The molecule has 0 radical (unpaired) electrons. The van der Waals surface area contributed by atoms with Crippen molar-refractivity contribution in [2.75, 3.05) is 13.1 Å². The fourth-order valence-electron chi connectivity index (χ4n) is 1.36. The number of carbonyl (C=O) groups excluding carboxylic acids is 1. The van der Waals surface area contributed by atoms with Crippen LogP contribution in [0.2, 0.25) is 0 Å². The van der Waals surface area contributed by atoms with Crippen molar-refractivity contribution in [1.29, 1.82) is 0 Å². The van der Waals surface area contributed by atoms with Gasteiger partial charge in [0.05, 0.1) is 6.54 Å². The third kappa shape index (κ3) is 4.02. The largest absolute Gasteiger partial charge is 0.355 e. The molecule has 1 aromatic rings. The van der Waals surface area contributed by atoms with E-state index in [9.17, 15) is 4.79 Å². The van der Waals surface area contributed by atoms with Crippen molar-refractivity contribution in [2.45, 2.75) is 33.4 Å². The molecule has 0 unspecified atom stereocenters. The van der Waals surface area contributed by atoms with Gasteiger partial charge in [-0.1, -0.05) is 13.8 Å². The molecule has 0 aromatic carbocycles. The van der Waals surface area contributed by atoms with Crippen LogP contribution >= 0.6 is 0 Å². The van der Waals surface area contributed by atoms with Crippen molar-refractivity contribution in [3.05, 3.63) is 18.2 Å². The van der Waals surface area contributed by atoms with Crippen molar-refractivity contribution in [1.82, 2.24) is 20.2 Å². The van der Waals surface area contributed by atoms with Gasteiger partial charge in [0.15, 0.2) is 0 Å². The zero-order valence-corrected chi connectivity index (χ0v) is 9.99. The molecule has 5 heteroatoms. The number of amides is 1. The lowest BCUT2D eigenvalue weighted by Gasteiger charge is -2.08. The predicted molar refractivity (Wildman–Crippen MR) is 62.9 cm³/mol. The van der Waals surface area contributed by atoms with Gasteiger partial charge in [-0.15, -0.1) is 0 Å². The summed E-state index contributed by atoms with van der Waals surface area (Å²) < 4.78 is 1.87. The van der Waals surface area contributed by atoms with Crippen LogP contribution in [0.4, 0.5) is 0 Å². The molecule has 0 fully saturated rings. The van der Waals surface area contributed by atoms with Gasteiger partial charge in [0, 0.05) is 18.9 Å². The minimum absolute atomic E-state index is 0.0394. The lowest BCUT2D eigenvalue weighted by Crippen LogP contribution is -2.29. The van der Waals surface area contributed by atoms with Gasteiger partial charge in [0.25, 0.3) is 0 Å². The molecule has 0 saturated heterocycles. The van der Waals surface area contributed by atoms with Crippen LogP contribution in [0.1, 0.15) is 26.1 Å². The molecule has 16 heavy (non-hydrogen) atoms. The van der Waals surface area contributed by atoms with Crippen LogP contribution in [-0.4, -0.2) is 28.5 Å². The van der Waals surface area contributed by atoms with E-state index in [-0.39, 0.29) is 5.91 Å². The molecular formula is C11H20N4O. The molecule has 90 valence electrons. The summed E-state index contributed by atoms with van der Waals surface area (Å²) in [5.41, 5.74) is 0. The smallest absolute Gasteiger partial charge is 0.239 e. The Morgan fingerprint density at radius 3 is 3.00 bits per heavy atom. The van der Waals surface area contributed by atoms with Crippen molar-refractivity contribution < 1.29 is 4.79 Å². The minimum atomic E-state index is 0.0394. The molecule has 1 aromatic heterocycles. The monoisotopic (exact) mass is 224 g/mol. The van der Waals surface area contributed by atoms with Gasteiger partial charge in [-0.2, -0.15) is 0 Å². The van der Waals surface area contributed by atoms with Crippen LogP contribution < -0.4 is 10.6 Å². The molecule has 0 spiro atoms. The second-order valence-electron chi connectivity index (χ2n) is 3.60. The molecule has 0 bridgehead atoms. The van der Waals surface area contributed by atoms with E-state index in [2.05, 4.69) is 15.6 Å². The summed E-state index contributed by atoms with van der Waals surface area (Å²) in [7, 11) is 0. The highest BCUT2D eigenvalue weighted by atomic mass is 16.1. The van der Waals surface area contributed by atoms with E-state index in [4.69, 9.17) is 0 Å². The molecule has 5 nitrogen and oxygen atoms in total. The van der Waals surface area contributed by atoms with Gasteiger partial charge in [-0.3, -0.25) is 4.79 Å². The summed E-state index contributed by atoms with van der Waals surface area (Å²) >= 11 is 0. The summed E-state index contributed by atoms with van der Waals surface area (Å²) in [4.78, 5) is 15.7. The van der Waals surface area contributed by atoms with Crippen LogP contribution in [0, 0.1) is 0 Å². The number of nitrogens with zero attached hydrogens (tertiary/aromatic N) is 2. The van der Waals surface area contributed by atoms with Gasteiger partial charge in [-0.05, 0) is 13.0 Å². The molecule has 0 aliphatic heterocycles. The molecular weight excluding hydrogens is 204 g/mol. The summed E-state index contributed by atoms with van der Waals surface area (Å²) in [6.07, 6.45) is 4.51. The van der Waals surface area contributed by atoms with Crippen LogP contribution in [0.25, 0.3) is 0 Å². The minimum Gasteiger partial charge on any atom is -0.355 e. The quantitative estimate of drug-likeness (QED) is 0.710. The summed E-state index contributed by atoms with van der Waals surface area (Å²) in [5, 5.41) is 6.04. The van der Waals surface area contributed by atoms with Crippen LogP contribution in [0.15, 0.2) is 12.4 Å². The van der Waals surface area contributed by atoms with Gasteiger partial charge >= 0.3 is 0 Å². The van der Waals surface area contributed by atoms with E-state index < -0.39 is 0 Å². The van der Waals surface area contributed by atoms with E-state index in [1.807, 2.05) is 24.6 Å². The Balaban J connectivity index is 2.46. The first-order chi connectivity index (χ1) is 7.77. The van der Waals surface area contributed by atoms with E-state index in [1.54, 1.807) is 6.20 Å². The Bertz CT molecular complexity index is 322. The predicted octanol–water partition coefficient (Wildman–Crippen LogP) is 0.519. The fourth-order valence-corrected chi connectivity index (χ4v) is 1.36. The third-order valence-electron chi connectivity index (χ3n) is 2.22. The molecule has 0 atom stereocenters. The van der Waals surface area contributed by atoms with E-state index in [1.165, 1.54) is 0 Å². The zero-order valence-electron chi connectivity index (χ0n) is 9.99. The zero-order chi connectivity index (χ0) is 11.8. The standard InChI is InChI=1S/C11H20N4O/c1-3-5-14-11(16)9-15-7-6-13-10(15)8-12-4-2/h6-7,12H,3-5,8-9H2,1-2H3,(H,14,16). The van der Waals surface area contributed by atoms with E-state index >= 15 is 0 Å². The average Bonchev–Trinajstić information content (AvgIpc) is 2.71. The first-order valence-electron chi connectivity index (χ1n) is 5.75. The first-order valence-corrected chi connectivity index (χ1v) is 5.75. The number of aromatic nitrogens is 2. The molecule has 1 amide bonds. The van der Waals surface area contributed by atoms with Crippen molar-refractivity contribution in [3.63, 3.8) is 0 Å². The Kier molecular flexibility index (Phi) is 5.56. The van der Waals surface area contributed by atoms with Crippen molar-refractivity contribution >= 4 is 5.91 Å². The molecule has 0 aliphatic carbocycles. The second kappa shape index (κ2) is 7.00. The third-order valence-corrected chi connectivity index (χ3v) is 2.22. The molecule has 1 heterocycles. The summed E-state index contributed by atoms with van der Waals surface area (Å²) in [5.74, 6) is 0.936. The van der Waals surface area contributed by atoms with E-state index in [0.29, 0.717) is 13.1 Å². The lowest BCUT2D eigenvalue weighted by atomic mass is 10.4. The fraction of sp³-hybridized carbons (Fsp3) is 0.636. The number of imidazole rings is 1. The lowest BCUT2D eigenvalue weighted by molar-refractivity contribution is -0.121. The average molecular weight is 224 g/mol. The van der Waals surface area contributed by atoms with Crippen LogP contribution in [0.3, 0.4) is 0 Å². The Morgan fingerprint density at radius 2 is 2.31 bits per heavy atom. The number of rotatable bonds is 7. The van der Waals surface area contributed by atoms with Crippen molar-refractivity contribution in [2.24, 2.45) is 0 Å². The summed E-state index contributed by atoms with van der Waals surface area (Å²) in [6, 6.07) is 0. The molecule has 2 N–H and O–H groups in total. The Hall–Kier alpha value is -1.36. The maximum absolute atomic E-state index is 11.5. The maximum atomic E-state index is 11.5. The van der Waals surface area contributed by atoms with Crippen LogP contribution in [-0.2, 0) is 17.9 Å². The normalized spacial score (nSPS) is 10.4. The Labute approximate surface area is 96.3 Å². The topological polar surface area (TPSA) is 59.0 Å². The number of nitrogens with one attached hydrogen (secondary N) is 2. The second-order valence-corrected chi connectivity index (χ2v) is 3.60. The highest BCUT2D eigenvalue weighted by Gasteiger charge is 2.06. The molecule has 0 aliphatic rings. The number of carbonyl (C=O) groups is 1. The molecule has 1 rings (SSSR count). The van der Waals surface area contributed by atoms with Gasteiger partial charge < -0.3 is 15.2 Å². The highest BCUT2D eigenvalue weighted by molar-refractivity contribution is 5.75. The summed E-state index contributed by atoms with van der Waals surface area (Å²) in [6.45, 7) is 6.76. The maximum Gasteiger partial charge on any atom is 0.239 e. The van der Waals surface area contributed by atoms with E-state index in [0.717, 1.165) is 25.3 Å². The SMILES string of the molecule is CCCNC(=O)Cn1ccnc1CNCC. The Morgan fingerprint density at radius 1 is 1.50 bits per heavy atom.